The van der Waals surface area contributed by atoms with Gasteiger partial charge in [0, 0.05) is 11.8 Å². The molecular formula is C21H19NO5. The summed E-state index contributed by atoms with van der Waals surface area (Å²) in [5.41, 5.74) is 0.749. The lowest BCUT2D eigenvalue weighted by atomic mass is 10.2. The van der Waals surface area contributed by atoms with E-state index in [-0.39, 0.29) is 13.2 Å². The Balaban J connectivity index is 1.52. The van der Waals surface area contributed by atoms with E-state index >= 15 is 0 Å². The number of aromatic nitrogens is 1. The molecule has 3 rings (SSSR count). The van der Waals surface area contributed by atoms with Crippen LogP contribution >= 0.6 is 0 Å². The van der Waals surface area contributed by atoms with E-state index in [1.165, 1.54) is 0 Å². The zero-order valence-corrected chi connectivity index (χ0v) is 14.8. The number of pyridine rings is 1. The molecule has 6 heteroatoms. The molecule has 1 aromatic heterocycles. The van der Waals surface area contributed by atoms with E-state index in [0.717, 1.165) is 11.3 Å². The molecule has 0 N–H and O–H groups in total. The fraction of sp³-hybridized carbons (Fsp3) is 0.143. The van der Waals surface area contributed by atoms with Crippen molar-refractivity contribution in [1.29, 1.82) is 0 Å². The van der Waals surface area contributed by atoms with Crippen LogP contribution in [0.4, 0.5) is 0 Å². The summed E-state index contributed by atoms with van der Waals surface area (Å²) in [5.74, 6) is 2.03. The predicted molar refractivity (Wildman–Crippen MR) is 99.0 cm³/mol. The number of nitrogens with zero attached hydrogens (tertiary/aromatic N) is 1. The minimum Gasteiger partial charge on any atom is -0.497 e. The highest BCUT2D eigenvalue weighted by molar-refractivity contribution is 5.71. The first-order valence-electron chi connectivity index (χ1n) is 8.33. The molecule has 138 valence electrons. The van der Waals surface area contributed by atoms with Crippen LogP contribution in [0.25, 0.3) is 0 Å². The smallest absolute Gasteiger partial charge is 0.344 e. The summed E-state index contributed by atoms with van der Waals surface area (Å²) in [6, 6.07) is 17.9. The van der Waals surface area contributed by atoms with Crippen LogP contribution in [0.3, 0.4) is 0 Å². The lowest BCUT2D eigenvalue weighted by Gasteiger charge is -2.12. The largest absolute Gasteiger partial charge is 0.497 e. The van der Waals surface area contributed by atoms with Crippen LogP contribution < -0.4 is 14.2 Å². The van der Waals surface area contributed by atoms with Gasteiger partial charge in [-0.3, -0.25) is 4.98 Å². The van der Waals surface area contributed by atoms with Gasteiger partial charge in [0.2, 0.25) is 0 Å². The first kappa shape index (κ1) is 18.3. The number of hydrogen-bond donors (Lipinski definition) is 0. The van der Waals surface area contributed by atoms with Gasteiger partial charge in [0.15, 0.2) is 6.61 Å². The van der Waals surface area contributed by atoms with Gasteiger partial charge < -0.3 is 18.9 Å². The van der Waals surface area contributed by atoms with Gasteiger partial charge in [-0.1, -0.05) is 18.2 Å². The van der Waals surface area contributed by atoms with Gasteiger partial charge >= 0.3 is 5.97 Å². The number of hydrogen-bond acceptors (Lipinski definition) is 6. The minimum absolute atomic E-state index is 0.0846. The Kier molecular flexibility index (Phi) is 6.25. The van der Waals surface area contributed by atoms with Gasteiger partial charge in [0.05, 0.1) is 13.3 Å². The Hall–Kier alpha value is -3.54. The summed E-state index contributed by atoms with van der Waals surface area (Å²) in [7, 11) is 1.59. The number of esters is 1. The summed E-state index contributed by atoms with van der Waals surface area (Å²) in [5, 5.41) is 0. The fourth-order valence-electron chi connectivity index (χ4n) is 2.27. The number of para-hydroxylation sites is 1. The van der Waals surface area contributed by atoms with Crippen molar-refractivity contribution in [2.24, 2.45) is 0 Å². The topological polar surface area (TPSA) is 66.9 Å². The highest BCUT2D eigenvalue weighted by Crippen LogP contribution is 2.25. The summed E-state index contributed by atoms with van der Waals surface area (Å²) in [6.07, 6.45) is 3.29. The third kappa shape index (κ3) is 5.47. The Morgan fingerprint density at radius 1 is 0.926 bits per heavy atom. The van der Waals surface area contributed by atoms with E-state index < -0.39 is 5.97 Å². The maximum absolute atomic E-state index is 12.0. The fourth-order valence-corrected chi connectivity index (χ4v) is 2.27. The Labute approximate surface area is 157 Å². The van der Waals surface area contributed by atoms with Crippen molar-refractivity contribution in [2.45, 2.75) is 6.61 Å². The molecule has 2 aromatic carbocycles. The molecule has 0 spiro atoms. The number of ether oxygens (including phenoxy) is 4. The molecule has 0 aliphatic carbocycles. The Bertz CT molecular complexity index is 865. The second kappa shape index (κ2) is 9.24. The van der Waals surface area contributed by atoms with Crippen molar-refractivity contribution in [3.63, 3.8) is 0 Å². The maximum Gasteiger partial charge on any atom is 0.344 e. The lowest BCUT2D eigenvalue weighted by Crippen LogP contribution is -2.15. The van der Waals surface area contributed by atoms with Crippen LogP contribution in [0, 0.1) is 0 Å². The highest BCUT2D eigenvalue weighted by atomic mass is 16.6. The van der Waals surface area contributed by atoms with E-state index in [1.807, 2.05) is 24.3 Å². The summed E-state index contributed by atoms with van der Waals surface area (Å²) < 4.78 is 21.6. The predicted octanol–water partition coefficient (Wildman–Crippen LogP) is 4.00. The molecule has 0 bridgehead atoms. The van der Waals surface area contributed by atoms with Gasteiger partial charge in [-0.2, -0.15) is 0 Å². The maximum atomic E-state index is 12.0. The van der Waals surface area contributed by atoms with Gasteiger partial charge in [0.1, 0.15) is 29.6 Å². The molecule has 0 unspecified atom stereocenters. The van der Waals surface area contributed by atoms with Gasteiger partial charge in [-0.25, -0.2) is 4.79 Å². The molecule has 0 saturated carbocycles. The van der Waals surface area contributed by atoms with Crippen molar-refractivity contribution >= 4 is 5.97 Å². The molecule has 3 aromatic rings. The van der Waals surface area contributed by atoms with Gasteiger partial charge in [0.25, 0.3) is 0 Å². The standard InChI is InChI=1S/C21H19NO5/c1-24-17-8-10-18(11-9-17)25-15-21(23)26-14-16-5-2-3-7-20(16)27-19-6-4-12-22-13-19/h2-13H,14-15H2,1H3. The zero-order chi connectivity index (χ0) is 18.9. The first-order valence-corrected chi connectivity index (χ1v) is 8.33. The number of rotatable bonds is 8. The Morgan fingerprint density at radius 3 is 2.44 bits per heavy atom. The molecule has 0 aliphatic heterocycles. The van der Waals surface area contributed by atoms with Crippen LogP contribution in [0.15, 0.2) is 73.1 Å². The summed E-state index contributed by atoms with van der Waals surface area (Å²) >= 11 is 0. The van der Waals surface area contributed by atoms with Gasteiger partial charge in [-0.15, -0.1) is 0 Å². The molecule has 0 atom stereocenters. The summed E-state index contributed by atoms with van der Waals surface area (Å²) in [6.45, 7) is -0.0980. The SMILES string of the molecule is COc1ccc(OCC(=O)OCc2ccccc2Oc2cccnc2)cc1. The highest BCUT2D eigenvalue weighted by Gasteiger charge is 2.09. The van der Waals surface area contributed by atoms with Crippen molar-refractivity contribution in [3.05, 3.63) is 78.6 Å². The third-order valence-electron chi connectivity index (χ3n) is 3.64. The number of benzene rings is 2. The van der Waals surface area contributed by atoms with E-state index in [2.05, 4.69) is 4.98 Å². The molecular weight excluding hydrogens is 346 g/mol. The van der Waals surface area contributed by atoms with Crippen molar-refractivity contribution in [3.8, 4) is 23.0 Å². The normalized spacial score (nSPS) is 10.1. The number of carbonyl (C=O) groups is 1. The number of carbonyl (C=O) groups excluding carboxylic acids is 1. The average Bonchev–Trinajstić information content (AvgIpc) is 2.73. The first-order chi connectivity index (χ1) is 13.2. The van der Waals surface area contributed by atoms with E-state index in [9.17, 15) is 4.79 Å². The van der Waals surface area contributed by atoms with E-state index in [1.54, 1.807) is 55.9 Å². The van der Waals surface area contributed by atoms with Crippen molar-refractivity contribution in [2.75, 3.05) is 13.7 Å². The van der Waals surface area contributed by atoms with Crippen LogP contribution in [-0.2, 0) is 16.1 Å². The van der Waals surface area contributed by atoms with Crippen LogP contribution in [-0.4, -0.2) is 24.7 Å². The second-order valence-corrected chi connectivity index (χ2v) is 5.52. The molecule has 0 saturated heterocycles. The zero-order valence-electron chi connectivity index (χ0n) is 14.8. The van der Waals surface area contributed by atoms with Crippen molar-refractivity contribution in [1.82, 2.24) is 4.98 Å². The van der Waals surface area contributed by atoms with Crippen LogP contribution in [0.5, 0.6) is 23.0 Å². The van der Waals surface area contributed by atoms with Crippen molar-refractivity contribution < 1.29 is 23.7 Å². The monoisotopic (exact) mass is 365 g/mol. The molecule has 6 nitrogen and oxygen atoms in total. The van der Waals surface area contributed by atoms with Crippen LogP contribution in [0.1, 0.15) is 5.56 Å². The second-order valence-electron chi connectivity index (χ2n) is 5.52. The molecule has 0 fully saturated rings. The quantitative estimate of drug-likeness (QED) is 0.562. The van der Waals surface area contributed by atoms with E-state index in [4.69, 9.17) is 18.9 Å². The van der Waals surface area contributed by atoms with Gasteiger partial charge in [-0.05, 0) is 42.5 Å². The summed E-state index contributed by atoms with van der Waals surface area (Å²) in [4.78, 5) is 16.0. The Morgan fingerprint density at radius 2 is 1.70 bits per heavy atom. The third-order valence-corrected chi connectivity index (χ3v) is 3.64. The molecule has 27 heavy (non-hydrogen) atoms. The number of methoxy groups -OCH3 is 1. The van der Waals surface area contributed by atoms with E-state index in [0.29, 0.717) is 17.2 Å². The minimum atomic E-state index is -0.470. The molecule has 0 aliphatic rings. The average molecular weight is 365 g/mol. The molecule has 0 radical (unpaired) electrons. The lowest BCUT2D eigenvalue weighted by molar-refractivity contribution is -0.147. The molecule has 1 heterocycles. The van der Waals surface area contributed by atoms with Crippen LogP contribution in [0.2, 0.25) is 0 Å². The molecule has 0 amide bonds.